The molecule has 10 nitrogen and oxygen atoms in total. The van der Waals surface area contributed by atoms with Gasteiger partial charge < -0.3 is 9.80 Å². The van der Waals surface area contributed by atoms with Gasteiger partial charge in [-0.15, -0.1) is 0 Å². The first-order chi connectivity index (χ1) is 35.7. The van der Waals surface area contributed by atoms with Crippen molar-refractivity contribution in [3.63, 3.8) is 0 Å². The third kappa shape index (κ3) is 11.6. The van der Waals surface area contributed by atoms with E-state index in [0.29, 0.717) is 12.8 Å². The molecule has 4 aromatic rings. The van der Waals surface area contributed by atoms with Crippen LogP contribution in [0.1, 0.15) is 147 Å². The number of hydrogen-bond donors (Lipinski definition) is 4. The molecule has 0 saturated heterocycles. The zero-order valence-electron chi connectivity index (χ0n) is 47.2. The fourth-order valence-corrected chi connectivity index (χ4v) is 12.0. The highest BCUT2D eigenvalue weighted by atomic mass is 16.2. The van der Waals surface area contributed by atoms with Gasteiger partial charge in [0, 0.05) is 101 Å². The van der Waals surface area contributed by atoms with Gasteiger partial charge in [-0.3, -0.25) is 20.4 Å². The molecule has 75 heavy (non-hydrogen) atoms. The van der Waals surface area contributed by atoms with Crippen molar-refractivity contribution in [2.75, 3.05) is 36.5 Å². The van der Waals surface area contributed by atoms with Gasteiger partial charge in [-0.1, -0.05) is 124 Å². The molecule has 6 N–H and O–H groups in total. The summed E-state index contributed by atoms with van der Waals surface area (Å²) < 4.78 is 4.79. The molecule has 4 heterocycles. The Bertz CT molecular complexity index is 2990. The lowest BCUT2D eigenvalue weighted by Crippen LogP contribution is -2.29. The molecule has 4 aliphatic rings. The average Bonchev–Trinajstić information content (AvgIpc) is 3.91. The molecule has 0 saturated carbocycles. The van der Waals surface area contributed by atoms with Gasteiger partial charge in [0.15, 0.2) is 11.4 Å². The molecule has 8 rings (SSSR count). The molecular weight excluding hydrogens is 925 g/mol. The van der Waals surface area contributed by atoms with Gasteiger partial charge >= 0.3 is 0 Å². The first-order valence-corrected chi connectivity index (χ1v) is 27.4. The van der Waals surface area contributed by atoms with Crippen molar-refractivity contribution in [2.24, 2.45) is 11.7 Å². The highest BCUT2D eigenvalue weighted by molar-refractivity contribution is 6.04. The highest BCUT2D eigenvalue weighted by Crippen LogP contribution is 2.49. The third-order valence-electron chi connectivity index (χ3n) is 16.3. The molecule has 2 amide bonds. The fraction of sp³-hybridized carbons (Fsp3) is 0.415. The Morgan fingerprint density at radius 1 is 0.547 bits per heavy atom. The third-order valence-corrected chi connectivity index (χ3v) is 16.3. The van der Waals surface area contributed by atoms with Crippen LogP contribution in [-0.2, 0) is 31.2 Å². The molecule has 0 atom stereocenters. The van der Waals surface area contributed by atoms with Crippen molar-refractivity contribution in [3.05, 3.63) is 178 Å². The number of nitrogens with zero attached hydrogens (tertiary/aromatic N) is 4. The van der Waals surface area contributed by atoms with E-state index in [1.165, 1.54) is 78.9 Å². The molecular formula is C65H86N8O2+2. The number of carbonyl (C=O) groups is 2. The number of unbranched alkanes of at least 4 members (excludes halogenated alkanes) is 4. The monoisotopic (exact) mass is 1010 g/mol. The number of hydrogen-bond acceptors (Lipinski definition) is 6. The number of anilines is 2. The lowest BCUT2D eigenvalue weighted by Gasteiger charge is -2.27. The maximum atomic E-state index is 11.5. The molecule has 0 spiro atoms. The number of amides is 2. The minimum atomic E-state index is -0.0965. The summed E-state index contributed by atoms with van der Waals surface area (Å²) in [4.78, 5) is 27.8. The number of likely N-dealkylation sites (N-methyl/N-ethyl adjacent to an activating group) is 1. The van der Waals surface area contributed by atoms with Crippen LogP contribution in [0, 0.1) is 13.8 Å². The number of aryl methyl sites for hydroxylation is 2. The van der Waals surface area contributed by atoms with Gasteiger partial charge in [-0.25, -0.2) is 11.7 Å². The maximum Gasteiger partial charge on any atom is 0.233 e. The Hall–Kier alpha value is -6.62. The number of nitrogens with one attached hydrogen (secondary N) is 2. The van der Waals surface area contributed by atoms with Crippen LogP contribution in [0.25, 0.3) is 0 Å². The standard InChI is InChI=1S/C33H42N4O.C32H42N4O/c1-24-20-21-27-26(23-24)33(4,5)29(36(27)6)17-9-7-10-18-30-32(2,3)25-15-12-13-16-28(25)37(30)22-14-8-11-19-31(38)35-34;1-7-35-27-20-19-23(2)22-25(27)32(5,6)28(35)16-13-17-29-31(3,4)24-14-10-11-15-26(24)36(29)21-12-8-9-18-30(37)34-33/h7,9-10,12-13,15-18,20-21,23H,8,11,14,19,22,34H2,1-6H3;10-11,13-17,19-20,22H,7-9,12,18,21,33H2,1-6H3/p+2. The van der Waals surface area contributed by atoms with E-state index >= 15 is 0 Å². The first-order valence-electron chi connectivity index (χ1n) is 27.4. The van der Waals surface area contributed by atoms with Gasteiger partial charge in [0.05, 0.1) is 10.8 Å². The summed E-state index contributed by atoms with van der Waals surface area (Å²) in [6.45, 7) is 27.9. The number of hydrazine groups is 2. The summed E-state index contributed by atoms with van der Waals surface area (Å²) in [5, 5.41) is 0. The van der Waals surface area contributed by atoms with Gasteiger partial charge in [-0.2, -0.15) is 9.15 Å². The zero-order valence-corrected chi connectivity index (χ0v) is 47.2. The van der Waals surface area contributed by atoms with Gasteiger partial charge in [-0.05, 0) is 116 Å². The van der Waals surface area contributed by atoms with E-state index < -0.39 is 0 Å². The van der Waals surface area contributed by atoms with Crippen molar-refractivity contribution in [3.8, 4) is 0 Å². The molecule has 0 aromatic heterocycles. The summed E-state index contributed by atoms with van der Waals surface area (Å²) in [5.74, 6) is 10.2. The summed E-state index contributed by atoms with van der Waals surface area (Å²) >= 11 is 0. The number of para-hydroxylation sites is 2. The number of fused-ring (bicyclic) bond motifs is 4. The molecule has 0 aliphatic carbocycles. The van der Waals surface area contributed by atoms with Crippen LogP contribution in [0.4, 0.5) is 22.7 Å². The first kappa shape index (κ1) is 56.1. The fourth-order valence-electron chi connectivity index (χ4n) is 12.0. The number of rotatable bonds is 18. The topological polar surface area (TPSA) is 123 Å². The largest absolute Gasteiger partial charge is 0.344 e. The molecule has 0 bridgehead atoms. The number of nitrogens with two attached hydrogens (primary N) is 2. The summed E-state index contributed by atoms with van der Waals surface area (Å²) in [5.41, 5.74) is 22.8. The highest BCUT2D eigenvalue weighted by Gasteiger charge is 2.45. The van der Waals surface area contributed by atoms with Crippen molar-refractivity contribution >= 4 is 46.0 Å². The predicted molar refractivity (Wildman–Crippen MR) is 314 cm³/mol. The minimum absolute atomic E-state index is 0.0321. The molecule has 10 heteroatoms. The van der Waals surface area contributed by atoms with Crippen LogP contribution in [0.2, 0.25) is 0 Å². The normalized spacial score (nSPS) is 18.6. The Morgan fingerprint density at radius 3 is 1.77 bits per heavy atom. The molecule has 396 valence electrons. The Kier molecular flexibility index (Phi) is 17.6. The smallest absolute Gasteiger partial charge is 0.233 e. The lowest BCUT2D eigenvalue weighted by atomic mass is 9.81. The van der Waals surface area contributed by atoms with Crippen LogP contribution in [-0.4, -0.2) is 59.1 Å². The molecule has 0 unspecified atom stereocenters. The van der Waals surface area contributed by atoms with Crippen LogP contribution in [0.5, 0.6) is 0 Å². The Balaban J connectivity index is 0.000000219. The van der Waals surface area contributed by atoms with E-state index in [0.717, 1.165) is 58.2 Å². The van der Waals surface area contributed by atoms with E-state index in [1.807, 2.05) is 0 Å². The van der Waals surface area contributed by atoms with Crippen molar-refractivity contribution in [1.29, 1.82) is 0 Å². The van der Waals surface area contributed by atoms with Crippen LogP contribution in [0.15, 0.2) is 145 Å². The van der Waals surface area contributed by atoms with Gasteiger partial charge in [0.1, 0.15) is 13.6 Å². The quantitative estimate of drug-likeness (QED) is 0.0197. The summed E-state index contributed by atoms with van der Waals surface area (Å²) in [6, 6.07) is 31.0. The van der Waals surface area contributed by atoms with Crippen LogP contribution in [0.3, 0.4) is 0 Å². The second-order valence-corrected chi connectivity index (χ2v) is 22.9. The average molecular weight is 1010 g/mol. The molecule has 4 aliphatic heterocycles. The zero-order chi connectivity index (χ0) is 54.3. The second-order valence-electron chi connectivity index (χ2n) is 22.9. The number of carbonyl (C=O) groups excluding carboxylic acids is 2. The SMILES string of the molecule is CCN1/C(=C/C=C/C2=[N+](CCCCCC(=O)NN)c3ccccc3C2(C)C)C(C)(C)c2cc(C)ccc21.Cc1ccc2c(c1)C(C)(C)C(C=CC=CC=C1N(CCCCCC(=O)NN)c3ccccc3C1(C)C)=[N+]2C. The number of allylic oxidation sites excluding steroid dienone is 10. The van der Waals surface area contributed by atoms with Gasteiger partial charge in [0.25, 0.3) is 0 Å². The maximum absolute atomic E-state index is 11.5. The Morgan fingerprint density at radius 2 is 1.09 bits per heavy atom. The van der Waals surface area contributed by atoms with E-state index in [-0.39, 0.29) is 33.5 Å². The summed E-state index contributed by atoms with van der Waals surface area (Å²) in [7, 11) is 2.16. The predicted octanol–water partition coefficient (Wildman–Crippen LogP) is 12.5. The van der Waals surface area contributed by atoms with E-state index in [1.54, 1.807) is 0 Å². The van der Waals surface area contributed by atoms with E-state index in [2.05, 4.69) is 247 Å². The van der Waals surface area contributed by atoms with E-state index in [4.69, 9.17) is 11.7 Å². The molecule has 0 radical (unpaired) electrons. The van der Waals surface area contributed by atoms with Crippen LogP contribution >= 0.6 is 0 Å². The lowest BCUT2D eigenvalue weighted by molar-refractivity contribution is -0.438. The van der Waals surface area contributed by atoms with Gasteiger partial charge in [0.2, 0.25) is 23.2 Å². The molecule has 4 aromatic carbocycles. The van der Waals surface area contributed by atoms with Crippen molar-refractivity contribution in [1.82, 2.24) is 10.9 Å². The molecule has 0 fully saturated rings. The van der Waals surface area contributed by atoms with Crippen molar-refractivity contribution < 1.29 is 18.7 Å². The Labute approximate surface area is 449 Å². The summed E-state index contributed by atoms with van der Waals surface area (Å²) in [6.07, 6.45) is 24.5. The van der Waals surface area contributed by atoms with Crippen molar-refractivity contribution in [2.45, 2.75) is 149 Å². The van der Waals surface area contributed by atoms with Crippen LogP contribution < -0.4 is 32.3 Å². The van der Waals surface area contributed by atoms with E-state index in [9.17, 15) is 9.59 Å². The minimum Gasteiger partial charge on any atom is -0.344 e. The number of benzene rings is 4. The second kappa shape index (κ2) is 23.5.